The van der Waals surface area contributed by atoms with E-state index in [1.54, 1.807) is 6.07 Å². The second-order valence-electron chi connectivity index (χ2n) is 6.84. The molecule has 1 aromatic carbocycles. The fraction of sp³-hybridized carbons (Fsp3) is 0.429. The minimum absolute atomic E-state index is 0.0164. The molecule has 2 aromatic rings. The summed E-state index contributed by atoms with van der Waals surface area (Å²) in [6.45, 7) is 5.15. The molecule has 144 valence electrons. The van der Waals surface area contributed by atoms with E-state index in [-0.39, 0.29) is 11.8 Å². The molecule has 0 radical (unpaired) electrons. The fourth-order valence-electron chi connectivity index (χ4n) is 3.47. The lowest BCUT2D eigenvalue weighted by molar-refractivity contribution is -0.121. The highest BCUT2D eigenvalue weighted by molar-refractivity contribution is 7.12. The number of thiophene rings is 1. The number of carbonyl (C=O) groups is 2. The number of hydrogen-bond donors (Lipinski definition) is 2. The van der Waals surface area contributed by atoms with Crippen molar-refractivity contribution in [2.24, 2.45) is 0 Å². The van der Waals surface area contributed by atoms with Crippen LogP contribution in [0.2, 0.25) is 0 Å². The van der Waals surface area contributed by atoms with Gasteiger partial charge in [0.2, 0.25) is 5.91 Å². The molecule has 0 fully saturated rings. The van der Waals surface area contributed by atoms with Gasteiger partial charge in [0.25, 0.3) is 5.91 Å². The molecule has 0 saturated heterocycles. The zero-order valence-electron chi connectivity index (χ0n) is 15.7. The van der Waals surface area contributed by atoms with Gasteiger partial charge in [-0.2, -0.15) is 0 Å². The Morgan fingerprint density at radius 2 is 1.96 bits per heavy atom. The SMILES string of the molecule is CCC(CNC(=O)CCNC(=O)c1cccs1)N1CCc2ccccc2C1. The number of hydrogen-bond acceptors (Lipinski definition) is 4. The van der Waals surface area contributed by atoms with Crippen LogP contribution in [0.4, 0.5) is 0 Å². The van der Waals surface area contributed by atoms with E-state index in [9.17, 15) is 9.59 Å². The van der Waals surface area contributed by atoms with Crippen LogP contribution < -0.4 is 10.6 Å². The molecular weight excluding hydrogens is 358 g/mol. The molecule has 1 aliphatic rings. The fourth-order valence-corrected chi connectivity index (χ4v) is 4.11. The summed E-state index contributed by atoms with van der Waals surface area (Å²) in [5.74, 6) is -0.131. The Morgan fingerprint density at radius 3 is 2.70 bits per heavy atom. The largest absolute Gasteiger partial charge is 0.354 e. The second-order valence-corrected chi connectivity index (χ2v) is 7.79. The zero-order valence-corrected chi connectivity index (χ0v) is 16.6. The Hall–Kier alpha value is -2.18. The highest BCUT2D eigenvalue weighted by Gasteiger charge is 2.22. The number of rotatable bonds is 8. The van der Waals surface area contributed by atoms with Gasteiger partial charge in [0.15, 0.2) is 0 Å². The molecule has 0 bridgehead atoms. The third-order valence-corrected chi connectivity index (χ3v) is 5.93. The van der Waals surface area contributed by atoms with E-state index in [0.29, 0.717) is 30.4 Å². The lowest BCUT2D eigenvalue weighted by atomic mass is 9.98. The summed E-state index contributed by atoms with van der Waals surface area (Å²) in [5, 5.41) is 7.69. The van der Waals surface area contributed by atoms with Crippen molar-refractivity contribution >= 4 is 23.2 Å². The number of nitrogens with zero attached hydrogens (tertiary/aromatic N) is 1. The third-order valence-electron chi connectivity index (χ3n) is 5.07. The van der Waals surface area contributed by atoms with Gasteiger partial charge in [-0.3, -0.25) is 14.5 Å². The summed E-state index contributed by atoms with van der Waals surface area (Å²) in [6, 6.07) is 12.6. The average molecular weight is 386 g/mol. The molecule has 3 rings (SSSR count). The van der Waals surface area contributed by atoms with Crippen LogP contribution >= 0.6 is 11.3 Å². The summed E-state index contributed by atoms with van der Waals surface area (Å²) < 4.78 is 0. The van der Waals surface area contributed by atoms with E-state index in [1.165, 1.54) is 22.5 Å². The summed E-state index contributed by atoms with van der Waals surface area (Å²) in [7, 11) is 0. The predicted octanol–water partition coefficient (Wildman–Crippen LogP) is 2.82. The van der Waals surface area contributed by atoms with Gasteiger partial charge in [0.1, 0.15) is 0 Å². The van der Waals surface area contributed by atoms with E-state index in [1.807, 2.05) is 11.4 Å². The van der Waals surface area contributed by atoms with Crippen LogP contribution in [-0.4, -0.2) is 42.4 Å². The molecule has 1 aliphatic heterocycles. The molecule has 2 N–H and O–H groups in total. The number of benzene rings is 1. The number of nitrogens with one attached hydrogen (secondary N) is 2. The zero-order chi connectivity index (χ0) is 19.1. The van der Waals surface area contributed by atoms with E-state index >= 15 is 0 Å². The smallest absolute Gasteiger partial charge is 0.261 e. The lowest BCUT2D eigenvalue weighted by Crippen LogP contribution is -2.46. The van der Waals surface area contributed by atoms with Crippen LogP contribution in [0, 0.1) is 0 Å². The average Bonchev–Trinajstić information content (AvgIpc) is 3.23. The molecule has 6 heteroatoms. The minimum atomic E-state index is -0.115. The van der Waals surface area contributed by atoms with E-state index < -0.39 is 0 Å². The van der Waals surface area contributed by atoms with E-state index in [4.69, 9.17) is 0 Å². The molecule has 27 heavy (non-hydrogen) atoms. The normalized spacial score (nSPS) is 15.0. The van der Waals surface area contributed by atoms with Crippen molar-refractivity contribution in [2.75, 3.05) is 19.6 Å². The van der Waals surface area contributed by atoms with Gasteiger partial charge in [-0.05, 0) is 35.4 Å². The van der Waals surface area contributed by atoms with Gasteiger partial charge in [0.05, 0.1) is 4.88 Å². The number of fused-ring (bicyclic) bond motifs is 1. The standard InChI is InChI=1S/C21H27N3O2S/c1-2-18(24-12-10-16-6-3-4-7-17(16)15-24)14-23-20(25)9-11-22-21(26)19-8-5-13-27-19/h3-8,13,18H,2,9-12,14-15H2,1H3,(H,22,26)(H,23,25). The summed E-state index contributed by atoms with van der Waals surface area (Å²) in [5.41, 5.74) is 2.83. The van der Waals surface area contributed by atoms with Crippen LogP contribution in [0.25, 0.3) is 0 Å². The van der Waals surface area contributed by atoms with Crippen molar-refractivity contribution < 1.29 is 9.59 Å². The van der Waals surface area contributed by atoms with Crippen molar-refractivity contribution in [1.82, 2.24) is 15.5 Å². The topological polar surface area (TPSA) is 61.4 Å². The monoisotopic (exact) mass is 385 g/mol. The number of carbonyl (C=O) groups excluding carboxylic acids is 2. The Balaban J connectivity index is 1.40. The van der Waals surface area contributed by atoms with Crippen molar-refractivity contribution in [2.45, 2.75) is 38.8 Å². The molecule has 1 unspecified atom stereocenters. The second kappa shape index (κ2) is 9.67. The number of amides is 2. The molecule has 1 aromatic heterocycles. The Morgan fingerprint density at radius 1 is 1.15 bits per heavy atom. The molecular formula is C21H27N3O2S. The maximum atomic E-state index is 12.1. The van der Waals surface area contributed by atoms with Crippen LogP contribution in [0.3, 0.4) is 0 Å². The molecule has 5 nitrogen and oxygen atoms in total. The van der Waals surface area contributed by atoms with Crippen LogP contribution in [0.5, 0.6) is 0 Å². The minimum Gasteiger partial charge on any atom is -0.354 e. The van der Waals surface area contributed by atoms with E-state index in [0.717, 1.165) is 25.9 Å². The van der Waals surface area contributed by atoms with Gasteiger partial charge in [-0.15, -0.1) is 11.3 Å². The first-order valence-electron chi connectivity index (χ1n) is 9.56. The lowest BCUT2D eigenvalue weighted by Gasteiger charge is -2.35. The van der Waals surface area contributed by atoms with Crippen LogP contribution in [-0.2, 0) is 17.8 Å². The molecule has 2 heterocycles. The van der Waals surface area contributed by atoms with Crippen molar-refractivity contribution in [3.05, 3.63) is 57.8 Å². The highest BCUT2D eigenvalue weighted by atomic mass is 32.1. The summed E-state index contributed by atoms with van der Waals surface area (Å²) in [4.78, 5) is 27.1. The molecule has 0 saturated carbocycles. The molecule has 2 amide bonds. The first kappa shape index (κ1) is 19.6. The molecule has 1 atom stereocenters. The maximum absolute atomic E-state index is 12.1. The van der Waals surface area contributed by atoms with Crippen molar-refractivity contribution in [3.8, 4) is 0 Å². The predicted molar refractivity (Wildman–Crippen MR) is 109 cm³/mol. The summed E-state index contributed by atoms with van der Waals surface area (Å²) in [6.07, 6.45) is 2.36. The first-order valence-corrected chi connectivity index (χ1v) is 10.4. The van der Waals surface area contributed by atoms with Crippen LogP contribution in [0.15, 0.2) is 41.8 Å². The Bertz CT molecular complexity index is 761. The molecule has 0 spiro atoms. The third kappa shape index (κ3) is 5.40. The van der Waals surface area contributed by atoms with Crippen LogP contribution in [0.1, 0.15) is 40.6 Å². The van der Waals surface area contributed by atoms with E-state index in [2.05, 4.69) is 46.7 Å². The van der Waals surface area contributed by atoms with Crippen molar-refractivity contribution in [3.63, 3.8) is 0 Å². The van der Waals surface area contributed by atoms with Gasteiger partial charge in [0, 0.05) is 38.6 Å². The first-order chi connectivity index (χ1) is 13.2. The van der Waals surface area contributed by atoms with Gasteiger partial charge >= 0.3 is 0 Å². The Labute approximate surface area is 164 Å². The van der Waals surface area contributed by atoms with Gasteiger partial charge in [-0.25, -0.2) is 0 Å². The maximum Gasteiger partial charge on any atom is 0.261 e. The van der Waals surface area contributed by atoms with Gasteiger partial charge in [-0.1, -0.05) is 37.3 Å². The van der Waals surface area contributed by atoms with Crippen molar-refractivity contribution in [1.29, 1.82) is 0 Å². The highest BCUT2D eigenvalue weighted by Crippen LogP contribution is 2.21. The van der Waals surface area contributed by atoms with Gasteiger partial charge < -0.3 is 10.6 Å². The molecule has 0 aliphatic carbocycles. The quantitative estimate of drug-likeness (QED) is 0.735. The Kier molecular flexibility index (Phi) is 7.01. The summed E-state index contributed by atoms with van der Waals surface area (Å²) >= 11 is 1.40.